The lowest BCUT2D eigenvalue weighted by atomic mass is 9.90. The van der Waals surface area contributed by atoms with Gasteiger partial charge in [0.25, 0.3) is 0 Å². The molecule has 0 spiro atoms. The monoisotopic (exact) mass is 318 g/mol. The predicted octanol–water partition coefficient (Wildman–Crippen LogP) is 3.31. The number of phenolic OH excluding ortho intramolecular Hbond substituents is 1. The van der Waals surface area contributed by atoms with Crippen molar-refractivity contribution in [2.75, 3.05) is 6.61 Å². The number of hydrogen-bond donors (Lipinski definition) is 2. The van der Waals surface area contributed by atoms with Gasteiger partial charge in [0.15, 0.2) is 0 Å². The third-order valence-corrected chi connectivity index (χ3v) is 4.20. The van der Waals surface area contributed by atoms with Crippen molar-refractivity contribution in [3.63, 3.8) is 0 Å². The van der Waals surface area contributed by atoms with Crippen molar-refractivity contribution in [3.05, 3.63) is 41.5 Å². The lowest BCUT2D eigenvalue weighted by molar-refractivity contribution is -0.140. The molecule has 2 rings (SSSR count). The molecule has 1 aromatic carbocycles. The molecule has 0 unspecified atom stereocenters. The number of aromatic hydroxyl groups is 1. The van der Waals surface area contributed by atoms with Crippen molar-refractivity contribution in [2.24, 2.45) is 5.92 Å². The average Bonchev–Trinajstić information content (AvgIpc) is 2.55. The molecular weight excluding hydrogens is 296 g/mol. The molecule has 0 amide bonds. The zero-order chi connectivity index (χ0) is 16.8. The van der Waals surface area contributed by atoms with Crippen molar-refractivity contribution >= 4 is 11.9 Å². The average molecular weight is 318 g/mol. The number of benzene rings is 1. The van der Waals surface area contributed by atoms with Crippen molar-refractivity contribution < 1.29 is 24.5 Å². The Morgan fingerprint density at radius 2 is 1.91 bits per heavy atom. The van der Waals surface area contributed by atoms with Crippen molar-refractivity contribution in [2.45, 2.75) is 38.5 Å². The number of carbonyl (C=O) groups is 2. The molecule has 1 fully saturated rings. The highest BCUT2D eigenvalue weighted by atomic mass is 16.5. The van der Waals surface area contributed by atoms with Crippen LogP contribution in [0.4, 0.5) is 0 Å². The van der Waals surface area contributed by atoms with Crippen LogP contribution in [0.25, 0.3) is 0 Å². The molecule has 23 heavy (non-hydrogen) atoms. The van der Waals surface area contributed by atoms with Crippen LogP contribution in [0.15, 0.2) is 30.4 Å². The quantitative estimate of drug-likeness (QED) is 0.621. The fourth-order valence-electron chi connectivity index (χ4n) is 2.80. The minimum Gasteiger partial charge on any atom is -0.508 e. The number of esters is 1. The molecule has 1 saturated carbocycles. The summed E-state index contributed by atoms with van der Waals surface area (Å²) in [5, 5.41) is 18.7. The Morgan fingerprint density at radius 1 is 1.22 bits per heavy atom. The number of rotatable bonds is 6. The molecule has 0 saturated heterocycles. The Balaban J connectivity index is 1.87. The number of carboxylic acids is 1. The van der Waals surface area contributed by atoms with E-state index in [4.69, 9.17) is 9.84 Å². The lowest BCUT2D eigenvalue weighted by Crippen LogP contribution is -2.18. The first-order valence-electron chi connectivity index (χ1n) is 7.87. The highest BCUT2D eigenvalue weighted by molar-refractivity contribution is 5.89. The summed E-state index contributed by atoms with van der Waals surface area (Å²) in [6.45, 7) is 4.13. The maximum absolute atomic E-state index is 12.0. The van der Waals surface area contributed by atoms with Crippen molar-refractivity contribution in [1.29, 1.82) is 0 Å². The molecule has 0 atom stereocenters. The zero-order valence-electron chi connectivity index (χ0n) is 13.1. The van der Waals surface area contributed by atoms with Gasteiger partial charge in [-0.3, -0.25) is 0 Å². The number of carboxylic acid groups (broad SMARTS) is 1. The van der Waals surface area contributed by atoms with E-state index in [1.165, 1.54) is 31.4 Å². The fraction of sp³-hybridized carbons (Fsp3) is 0.444. The van der Waals surface area contributed by atoms with Crippen LogP contribution in [0.3, 0.4) is 0 Å². The second-order valence-electron chi connectivity index (χ2n) is 6.03. The highest BCUT2D eigenvalue weighted by Gasteiger charge is 2.18. The topological polar surface area (TPSA) is 83.8 Å². The van der Waals surface area contributed by atoms with Gasteiger partial charge in [-0.25, -0.2) is 9.59 Å². The zero-order valence-corrected chi connectivity index (χ0v) is 13.1. The summed E-state index contributed by atoms with van der Waals surface area (Å²) in [7, 11) is 0. The van der Waals surface area contributed by atoms with Gasteiger partial charge in [-0.2, -0.15) is 0 Å². The van der Waals surface area contributed by atoms with Gasteiger partial charge in [-0.05, 0) is 36.5 Å². The number of aromatic carboxylic acids is 1. The Bertz CT molecular complexity index is 599. The summed E-state index contributed by atoms with van der Waals surface area (Å²) in [5.41, 5.74) is 0.700. The van der Waals surface area contributed by atoms with E-state index in [9.17, 15) is 14.7 Å². The third kappa shape index (κ3) is 4.84. The van der Waals surface area contributed by atoms with E-state index < -0.39 is 11.9 Å². The minimum absolute atomic E-state index is 0.00302. The second kappa shape index (κ2) is 7.81. The summed E-state index contributed by atoms with van der Waals surface area (Å²) < 4.78 is 5.30. The summed E-state index contributed by atoms with van der Waals surface area (Å²) in [5.74, 6) is -1.30. The van der Waals surface area contributed by atoms with Crippen LogP contribution in [0.1, 0.15) is 48.0 Å². The smallest absolute Gasteiger partial charge is 0.335 e. The number of phenols is 1. The van der Waals surface area contributed by atoms with Crippen LogP contribution in [0.2, 0.25) is 0 Å². The number of carbonyl (C=O) groups excluding carboxylic acids is 1. The van der Waals surface area contributed by atoms with E-state index in [0.29, 0.717) is 18.1 Å². The SMILES string of the molecule is C=C(Cc1ccc(C(=O)O)cc1O)C(=O)OCC1CCCCC1. The Hall–Kier alpha value is -2.30. The van der Waals surface area contributed by atoms with E-state index in [-0.39, 0.29) is 23.3 Å². The standard InChI is InChI=1S/C18H22O5/c1-12(18(22)23-11-13-5-3-2-4-6-13)9-14-7-8-15(17(20)21)10-16(14)19/h7-8,10,13,19H,1-6,9,11H2,(H,20,21). The summed E-state index contributed by atoms with van der Waals surface area (Å²) in [6, 6.07) is 4.04. The molecule has 0 heterocycles. The molecule has 5 heteroatoms. The molecular formula is C18H22O5. The minimum atomic E-state index is -1.11. The molecule has 124 valence electrons. The van der Waals surface area contributed by atoms with Crippen LogP contribution in [0.5, 0.6) is 5.75 Å². The van der Waals surface area contributed by atoms with Gasteiger partial charge in [-0.15, -0.1) is 0 Å². The first kappa shape index (κ1) is 17.1. The summed E-state index contributed by atoms with van der Waals surface area (Å²) in [4.78, 5) is 22.8. The van der Waals surface area contributed by atoms with Crippen LogP contribution >= 0.6 is 0 Å². The normalized spacial score (nSPS) is 15.1. The van der Waals surface area contributed by atoms with Crippen molar-refractivity contribution in [1.82, 2.24) is 0 Å². The van der Waals surface area contributed by atoms with Gasteiger partial charge in [0.05, 0.1) is 12.2 Å². The van der Waals surface area contributed by atoms with E-state index >= 15 is 0 Å². The predicted molar refractivity (Wildman–Crippen MR) is 85.4 cm³/mol. The molecule has 5 nitrogen and oxygen atoms in total. The van der Waals surface area contributed by atoms with E-state index in [0.717, 1.165) is 18.9 Å². The first-order valence-corrected chi connectivity index (χ1v) is 7.87. The summed E-state index contributed by atoms with van der Waals surface area (Å²) in [6.07, 6.45) is 5.95. The molecule has 1 aliphatic rings. The molecule has 1 aromatic rings. The van der Waals surface area contributed by atoms with Gasteiger partial charge in [0.1, 0.15) is 5.75 Å². The van der Waals surface area contributed by atoms with Crippen LogP contribution in [-0.4, -0.2) is 28.8 Å². The van der Waals surface area contributed by atoms with Gasteiger partial charge < -0.3 is 14.9 Å². The Labute approximate surface area is 135 Å². The van der Waals surface area contributed by atoms with Gasteiger partial charge in [0.2, 0.25) is 0 Å². The third-order valence-electron chi connectivity index (χ3n) is 4.20. The van der Waals surface area contributed by atoms with Gasteiger partial charge in [0, 0.05) is 12.0 Å². The largest absolute Gasteiger partial charge is 0.508 e. The van der Waals surface area contributed by atoms with Crippen LogP contribution in [0, 0.1) is 5.92 Å². The molecule has 0 radical (unpaired) electrons. The van der Waals surface area contributed by atoms with Crippen molar-refractivity contribution in [3.8, 4) is 5.75 Å². The fourth-order valence-corrected chi connectivity index (χ4v) is 2.80. The van der Waals surface area contributed by atoms with Gasteiger partial charge in [-0.1, -0.05) is 31.9 Å². The Kier molecular flexibility index (Phi) is 5.79. The number of hydrogen-bond acceptors (Lipinski definition) is 4. The van der Waals surface area contributed by atoms with E-state index in [1.54, 1.807) is 0 Å². The molecule has 0 aromatic heterocycles. The molecule has 0 aliphatic heterocycles. The molecule has 2 N–H and O–H groups in total. The van der Waals surface area contributed by atoms with Crippen LogP contribution < -0.4 is 0 Å². The molecule has 1 aliphatic carbocycles. The Morgan fingerprint density at radius 3 is 2.52 bits per heavy atom. The van der Waals surface area contributed by atoms with E-state index in [1.807, 2.05) is 0 Å². The lowest BCUT2D eigenvalue weighted by Gasteiger charge is -2.21. The maximum Gasteiger partial charge on any atom is 0.335 e. The first-order chi connectivity index (χ1) is 11.0. The maximum atomic E-state index is 12.0. The van der Waals surface area contributed by atoms with E-state index in [2.05, 4.69) is 6.58 Å². The van der Waals surface area contributed by atoms with Crippen LogP contribution in [-0.2, 0) is 16.0 Å². The highest BCUT2D eigenvalue weighted by Crippen LogP contribution is 2.25. The van der Waals surface area contributed by atoms with Gasteiger partial charge >= 0.3 is 11.9 Å². The second-order valence-corrected chi connectivity index (χ2v) is 6.03. The summed E-state index contributed by atoms with van der Waals surface area (Å²) >= 11 is 0. The number of ether oxygens (including phenoxy) is 1. The molecule has 0 bridgehead atoms.